The Bertz CT molecular complexity index is 359. The Morgan fingerprint density at radius 1 is 1.47 bits per heavy atom. The molecule has 1 saturated heterocycles. The molecular formula is C11H18NO7-. The van der Waals surface area contributed by atoms with Gasteiger partial charge in [0.1, 0.15) is 18.3 Å². The van der Waals surface area contributed by atoms with E-state index in [4.69, 9.17) is 4.74 Å². The molecule has 8 heteroatoms. The Labute approximate surface area is 110 Å². The minimum Gasteiger partial charge on any atom is -0.548 e. The van der Waals surface area contributed by atoms with Crippen molar-refractivity contribution in [2.24, 2.45) is 10.9 Å². The molecule has 0 spiro atoms. The number of hydrogen-bond acceptors (Lipinski definition) is 8. The highest BCUT2D eigenvalue weighted by Gasteiger charge is 2.47. The third-order valence-electron chi connectivity index (χ3n) is 2.92. The van der Waals surface area contributed by atoms with Crippen LogP contribution in [0.1, 0.15) is 13.8 Å². The van der Waals surface area contributed by atoms with E-state index in [2.05, 4.69) is 4.99 Å². The summed E-state index contributed by atoms with van der Waals surface area (Å²) in [6.45, 7) is 2.77. The Balaban J connectivity index is 2.87. The minimum absolute atomic E-state index is 0.388. The van der Waals surface area contributed by atoms with Crippen LogP contribution in [0.25, 0.3) is 0 Å². The van der Waals surface area contributed by atoms with Crippen LogP contribution in [0.4, 0.5) is 0 Å². The van der Waals surface area contributed by atoms with Gasteiger partial charge in [0.05, 0.1) is 24.8 Å². The highest BCUT2D eigenvalue weighted by Crippen LogP contribution is 2.22. The molecule has 5 atom stereocenters. The lowest BCUT2D eigenvalue weighted by molar-refractivity contribution is -0.308. The lowest BCUT2D eigenvalue weighted by atomic mass is 9.97. The van der Waals surface area contributed by atoms with Gasteiger partial charge in [0.15, 0.2) is 0 Å². The van der Waals surface area contributed by atoms with Gasteiger partial charge in [0.25, 0.3) is 0 Å². The second kappa shape index (κ2) is 5.93. The summed E-state index contributed by atoms with van der Waals surface area (Å²) in [5, 5.41) is 49.0. The maximum absolute atomic E-state index is 10.8. The quantitative estimate of drug-likeness (QED) is 0.392. The molecule has 0 unspecified atom stereocenters. The Hall–Kier alpha value is -1.06. The predicted octanol–water partition coefficient (Wildman–Crippen LogP) is -3.37. The van der Waals surface area contributed by atoms with E-state index in [0.29, 0.717) is 6.21 Å². The van der Waals surface area contributed by atoms with E-state index in [-0.39, 0.29) is 5.92 Å². The van der Waals surface area contributed by atoms with Crippen LogP contribution in [-0.4, -0.2) is 69.4 Å². The van der Waals surface area contributed by atoms with Gasteiger partial charge in [-0.1, -0.05) is 13.8 Å². The number of carboxylic acid groups (broad SMARTS) is 1. The van der Waals surface area contributed by atoms with Crippen molar-refractivity contribution in [1.29, 1.82) is 0 Å². The Morgan fingerprint density at radius 3 is 2.53 bits per heavy atom. The van der Waals surface area contributed by atoms with Crippen LogP contribution < -0.4 is 5.11 Å². The van der Waals surface area contributed by atoms with Crippen molar-refractivity contribution in [1.82, 2.24) is 0 Å². The fraction of sp³-hybridized carbons (Fsp3) is 0.818. The molecule has 4 N–H and O–H groups in total. The fourth-order valence-corrected chi connectivity index (χ4v) is 1.66. The molecule has 0 aromatic carbocycles. The number of aliphatic carboxylic acids is 1. The third kappa shape index (κ3) is 3.48. The second-order valence-corrected chi connectivity index (χ2v) is 4.85. The largest absolute Gasteiger partial charge is 0.548 e. The number of carboxylic acids is 1. The number of aliphatic imine (C=N–C) groups is 1. The van der Waals surface area contributed by atoms with Gasteiger partial charge in [-0.15, -0.1) is 0 Å². The van der Waals surface area contributed by atoms with Crippen LogP contribution in [0.5, 0.6) is 0 Å². The van der Waals surface area contributed by atoms with Gasteiger partial charge < -0.3 is 35.1 Å². The van der Waals surface area contributed by atoms with Crippen LogP contribution in [0.2, 0.25) is 0 Å². The van der Waals surface area contributed by atoms with E-state index < -0.39 is 42.7 Å². The van der Waals surface area contributed by atoms with Crippen molar-refractivity contribution in [3.05, 3.63) is 0 Å². The van der Waals surface area contributed by atoms with E-state index >= 15 is 0 Å². The van der Waals surface area contributed by atoms with E-state index in [1.807, 2.05) is 0 Å². The maximum Gasteiger partial charge on any atom is 0.232 e. The SMILES string of the molecule is CC(C)[C@H](N=C[C@@]1(O)OC[C@@H](O)[C@@H](O)[C@@H]1O)C(=O)[O-]. The zero-order valence-corrected chi connectivity index (χ0v) is 10.6. The van der Waals surface area contributed by atoms with E-state index in [0.717, 1.165) is 0 Å². The topological polar surface area (TPSA) is 143 Å². The Kier molecular flexibility index (Phi) is 4.99. The molecule has 8 nitrogen and oxygen atoms in total. The maximum atomic E-state index is 10.8. The fourth-order valence-electron chi connectivity index (χ4n) is 1.66. The molecule has 0 bridgehead atoms. The monoisotopic (exact) mass is 276 g/mol. The van der Waals surface area contributed by atoms with Crippen molar-refractivity contribution < 1.29 is 35.1 Å². The van der Waals surface area contributed by atoms with Gasteiger partial charge in [-0.25, -0.2) is 0 Å². The number of ether oxygens (including phenoxy) is 1. The van der Waals surface area contributed by atoms with Crippen LogP contribution >= 0.6 is 0 Å². The second-order valence-electron chi connectivity index (χ2n) is 4.85. The molecule has 1 heterocycles. The molecule has 110 valence electrons. The van der Waals surface area contributed by atoms with Gasteiger partial charge in [0.2, 0.25) is 5.79 Å². The van der Waals surface area contributed by atoms with E-state index in [9.17, 15) is 30.3 Å². The van der Waals surface area contributed by atoms with Crippen LogP contribution in [0.3, 0.4) is 0 Å². The summed E-state index contributed by atoms with van der Waals surface area (Å²) in [5.74, 6) is -4.16. The first-order chi connectivity index (χ1) is 8.69. The number of aliphatic hydroxyl groups excluding tert-OH is 3. The zero-order chi connectivity index (χ0) is 14.8. The zero-order valence-electron chi connectivity index (χ0n) is 10.6. The van der Waals surface area contributed by atoms with Crippen LogP contribution in [0, 0.1) is 5.92 Å². The molecule has 0 radical (unpaired) electrons. The van der Waals surface area contributed by atoms with Crippen molar-refractivity contribution in [2.75, 3.05) is 6.61 Å². The summed E-state index contributed by atoms with van der Waals surface area (Å²) in [6.07, 6.45) is -4.08. The molecule has 0 aliphatic carbocycles. The number of carbonyl (C=O) groups excluding carboxylic acids is 1. The first-order valence-corrected chi connectivity index (χ1v) is 5.84. The molecule has 1 rings (SSSR count). The average Bonchev–Trinajstić information content (AvgIpc) is 2.31. The number of rotatable bonds is 4. The lowest BCUT2D eigenvalue weighted by Crippen LogP contribution is -2.61. The molecule has 0 amide bonds. The molecule has 0 saturated carbocycles. The van der Waals surface area contributed by atoms with Crippen molar-refractivity contribution >= 4 is 12.2 Å². The average molecular weight is 276 g/mol. The Morgan fingerprint density at radius 2 is 2.05 bits per heavy atom. The van der Waals surface area contributed by atoms with Crippen molar-refractivity contribution in [3.8, 4) is 0 Å². The predicted molar refractivity (Wildman–Crippen MR) is 61.0 cm³/mol. The molecule has 19 heavy (non-hydrogen) atoms. The molecule has 1 aliphatic heterocycles. The van der Waals surface area contributed by atoms with Crippen LogP contribution in [-0.2, 0) is 9.53 Å². The number of hydrogen-bond donors (Lipinski definition) is 4. The summed E-state index contributed by atoms with van der Waals surface area (Å²) < 4.78 is 4.80. The third-order valence-corrected chi connectivity index (χ3v) is 2.92. The van der Waals surface area contributed by atoms with Gasteiger partial charge in [-0.05, 0) is 5.92 Å². The summed E-state index contributed by atoms with van der Waals surface area (Å²) in [4.78, 5) is 14.4. The first kappa shape index (κ1) is 16.0. The smallest absolute Gasteiger partial charge is 0.232 e. The molecule has 0 aromatic heterocycles. The number of carbonyl (C=O) groups is 1. The van der Waals surface area contributed by atoms with Crippen molar-refractivity contribution in [2.45, 2.75) is 44.0 Å². The summed E-state index contributed by atoms with van der Waals surface area (Å²) in [6, 6.07) is -1.22. The lowest BCUT2D eigenvalue weighted by Gasteiger charge is -2.39. The summed E-state index contributed by atoms with van der Waals surface area (Å²) in [5.41, 5.74) is 0. The van der Waals surface area contributed by atoms with Crippen LogP contribution in [0.15, 0.2) is 4.99 Å². The normalized spacial score (nSPS) is 37.7. The van der Waals surface area contributed by atoms with E-state index in [1.165, 1.54) is 0 Å². The number of nitrogens with zero attached hydrogens (tertiary/aromatic N) is 1. The highest BCUT2D eigenvalue weighted by molar-refractivity contribution is 5.76. The van der Waals surface area contributed by atoms with Gasteiger partial charge in [0, 0.05) is 0 Å². The molecule has 1 fully saturated rings. The highest BCUT2D eigenvalue weighted by atomic mass is 16.6. The van der Waals surface area contributed by atoms with Gasteiger partial charge in [-0.3, -0.25) is 4.99 Å². The number of aliphatic hydroxyl groups is 4. The minimum atomic E-state index is -2.35. The van der Waals surface area contributed by atoms with Gasteiger partial charge >= 0.3 is 0 Å². The van der Waals surface area contributed by atoms with Crippen molar-refractivity contribution in [3.63, 3.8) is 0 Å². The molecular weight excluding hydrogens is 258 g/mol. The standard InChI is InChI=1S/C11H19NO7/c1-5(2)7(10(16)17)12-4-11(18)9(15)8(14)6(13)3-19-11/h4-9,13-15,18H,3H2,1-2H3,(H,16,17)/p-1/t6-,7+,8-,9+,11-/m1/s1. The summed E-state index contributed by atoms with van der Waals surface area (Å²) in [7, 11) is 0. The van der Waals surface area contributed by atoms with E-state index in [1.54, 1.807) is 13.8 Å². The molecule has 0 aromatic rings. The first-order valence-electron chi connectivity index (χ1n) is 5.84. The van der Waals surface area contributed by atoms with Gasteiger partial charge in [-0.2, -0.15) is 0 Å². The summed E-state index contributed by atoms with van der Waals surface area (Å²) >= 11 is 0. The molecule has 1 aliphatic rings.